The molecule has 0 saturated carbocycles. The number of ether oxygens (including phenoxy) is 1. The number of carbonyl (C=O) groups excluding carboxylic acids is 1. The molecule has 1 unspecified atom stereocenters. The molecule has 2 heterocycles. The standard InChI is InChI=1S/C16H21NO3S/c18-9-3-1-6-15-11-13(12-21-15)16(19)17-8-7-14-5-2-4-10-20-14/h11-12,14,18H,2-5,7-10H2,(H,17,19). The lowest BCUT2D eigenvalue weighted by Crippen LogP contribution is -2.29. The molecule has 0 spiro atoms. The fourth-order valence-electron chi connectivity index (χ4n) is 2.21. The number of thiophene rings is 1. The van der Waals surface area contributed by atoms with E-state index in [0.717, 1.165) is 30.7 Å². The number of nitrogens with one attached hydrogen (secondary N) is 1. The van der Waals surface area contributed by atoms with Gasteiger partial charge in [-0.05, 0) is 31.7 Å². The van der Waals surface area contributed by atoms with E-state index in [-0.39, 0.29) is 12.5 Å². The molecule has 0 aromatic carbocycles. The van der Waals surface area contributed by atoms with Crippen molar-refractivity contribution in [3.05, 3.63) is 21.9 Å². The highest BCUT2D eigenvalue weighted by Crippen LogP contribution is 2.16. The number of rotatable bonds is 5. The highest BCUT2D eigenvalue weighted by atomic mass is 32.1. The van der Waals surface area contributed by atoms with Gasteiger partial charge in [0, 0.05) is 25.0 Å². The zero-order valence-corrected chi connectivity index (χ0v) is 12.9. The number of carbonyl (C=O) groups is 1. The van der Waals surface area contributed by atoms with Crippen LogP contribution >= 0.6 is 11.3 Å². The summed E-state index contributed by atoms with van der Waals surface area (Å²) in [5.74, 6) is 5.73. The van der Waals surface area contributed by atoms with Gasteiger partial charge < -0.3 is 15.2 Å². The van der Waals surface area contributed by atoms with E-state index in [0.29, 0.717) is 24.6 Å². The molecular weight excluding hydrogens is 286 g/mol. The third-order valence-corrected chi connectivity index (χ3v) is 4.18. The lowest BCUT2D eigenvalue weighted by atomic mass is 10.1. The molecule has 1 aliphatic rings. The molecule has 0 bridgehead atoms. The van der Waals surface area contributed by atoms with Crippen LogP contribution in [0.15, 0.2) is 11.4 Å². The molecule has 1 amide bonds. The van der Waals surface area contributed by atoms with Gasteiger partial charge in [-0.1, -0.05) is 11.8 Å². The van der Waals surface area contributed by atoms with Gasteiger partial charge in [0.05, 0.1) is 23.2 Å². The van der Waals surface area contributed by atoms with Crippen LogP contribution in [0.4, 0.5) is 0 Å². The Labute approximate surface area is 129 Å². The summed E-state index contributed by atoms with van der Waals surface area (Å²) in [5, 5.41) is 13.4. The van der Waals surface area contributed by atoms with Crippen LogP contribution in [-0.2, 0) is 4.74 Å². The lowest BCUT2D eigenvalue weighted by Gasteiger charge is -2.22. The van der Waals surface area contributed by atoms with Gasteiger partial charge >= 0.3 is 0 Å². The third kappa shape index (κ3) is 5.50. The molecule has 5 heteroatoms. The van der Waals surface area contributed by atoms with Gasteiger partial charge in [0.2, 0.25) is 0 Å². The van der Waals surface area contributed by atoms with Gasteiger partial charge in [-0.25, -0.2) is 0 Å². The van der Waals surface area contributed by atoms with E-state index in [9.17, 15) is 4.79 Å². The summed E-state index contributed by atoms with van der Waals surface area (Å²) in [5.41, 5.74) is 0.651. The van der Waals surface area contributed by atoms with E-state index in [2.05, 4.69) is 17.2 Å². The molecule has 1 atom stereocenters. The maximum atomic E-state index is 12.0. The number of amides is 1. The minimum absolute atomic E-state index is 0.0581. The van der Waals surface area contributed by atoms with E-state index in [1.807, 2.05) is 5.38 Å². The molecule has 2 rings (SSSR count). The topological polar surface area (TPSA) is 58.6 Å². The number of hydrogen-bond acceptors (Lipinski definition) is 4. The van der Waals surface area contributed by atoms with Crippen LogP contribution in [0.5, 0.6) is 0 Å². The first-order valence-corrected chi connectivity index (χ1v) is 8.25. The Kier molecular flexibility index (Phi) is 6.74. The Bertz CT molecular complexity index is 509. The van der Waals surface area contributed by atoms with Crippen molar-refractivity contribution >= 4 is 17.2 Å². The first-order chi connectivity index (χ1) is 10.3. The average Bonchev–Trinajstić information content (AvgIpc) is 2.97. The van der Waals surface area contributed by atoms with Crippen molar-refractivity contribution in [2.45, 2.75) is 38.2 Å². The summed E-state index contributed by atoms with van der Waals surface area (Å²) in [7, 11) is 0. The van der Waals surface area contributed by atoms with Crippen LogP contribution in [-0.4, -0.2) is 36.9 Å². The monoisotopic (exact) mass is 307 g/mol. The molecule has 1 fully saturated rings. The van der Waals surface area contributed by atoms with E-state index in [1.165, 1.54) is 17.8 Å². The minimum atomic E-state index is -0.0581. The lowest BCUT2D eigenvalue weighted by molar-refractivity contribution is 0.0117. The maximum absolute atomic E-state index is 12.0. The molecule has 114 valence electrons. The Balaban J connectivity index is 1.74. The Hall–Kier alpha value is -1.35. The van der Waals surface area contributed by atoms with Gasteiger partial charge in [-0.15, -0.1) is 11.3 Å². The van der Waals surface area contributed by atoms with Crippen molar-refractivity contribution < 1.29 is 14.6 Å². The van der Waals surface area contributed by atoms with E-state index < -0.39 is 0 Å². The fourth-order valence-corrected chi connectivity index (χ4v) is 2.97. The van der Waals surface area contributed by atoms with Crippen LogP contribution in [0.2, 0.25) is 0 Å². The predicted molar refractivity (Wildman–Crippen MR) is 83.4 cm³/mol. The first-order valence-electron chi connectivity index (χ1n) is 7.37. The average molecular weight is 307 g/mol. The van der Waals surface area contributed by atoms with Crippen molar-refractivity contribution in [2.75, 3.05) is 19.8 Å². The Morgan fingerprint density at radius 1 is 1.52 bits per heavy atom. The minimum Gasteiger partial charge on any atom is -0.395 e. The second-order valence-electron chi connectivity index (χ2n) is 5.01. The Morgan fingerprint density at radius 2 is 2.43 bits per heavy atom. The van der Waals surface area contributed by atoms with Crippen LogP contribution in [0, 0.1) is 11.8 Å². The third-order valence-electron chi connectivity index (χ3n) is 3.34. The zero-order valence-electron chi connectivity index (χ0n) is 12.1. The summed E-state index contributed by atoms with van der Waals surface area (Å²) >= 11 is 1.45. The van der Waals surface area contributed by atoms with Gasteiger partial charge in [0.1, 0.15) is 0 Å². The van der Waals surface area contributed by atoms with Crippen molar-refractivity contribution in [1.82, 2.24) is 5.32 Å². The second-order valence-corrected chi connectivity index (χ2v) is 5.92. The summed E-state index contributed by atoms with van der Waals surface area (Å²) in [4.78, 5) is 12.8. The highest BCUT2D eigenvalue weighted by Gasteiger charge is 2.14. The first kappa shape index (κ1) is 16.0. The summed E-state index contributed by atoms with van der Waals surface area (Å²) < 4.78 is 5.64. The molecule has 21 heavy (non-hydrogen) atoms. The largest absolute Gasteiger partial charge is 0.395 e. The normalized spacial score (nSPS) is 17.9. The highest BCUT2D eigenvalue weighted by molar-refractivity contribution is 7.10. The summed E-state index contributed by atoms with van der Waals surface area (Å²) in [6.07, 6.45) is 5.09. The van der Waals surface area contributed by atoms with Crippen molar-refractivity contribution in [3.8, 4) is 11.8 Å². The van der Waals surface area contributed by atoms with Crippen LogP contribution in [0.3, 0.4) is 0 Å². The number of hydrogen-bond donors (Lipinski definition) is 2. The van der Waals surface area contributed by atoms with Gasteiger partial charge in [-0.2, -0.15) is 0 Å². The van der Waals surface area contributed by atoms with Crippen molar-refractivity contribution in [3.63, 3.8) is 0 Å². The van der Waals surface area contributed by atoms with Crippen LogP contribution < -0.4 is 5.32 Å². The second kappa shape index (κ2) is 8.83. The zero-order chi connectivity index (χ0) is 14.9. The quantitative estimate of drug-likeness (QED) is 0.820. The molecule has 1 aromatic heterocycles. The SMILES string of the molecule is O=C(NCCC1CCCCO1)c1csc(C#CCCO)c1. The van der Waals surface area contributed by atoms with Crippen molar-refractivity contribution in [1.29, 1.82) is 0 Å². The molecule has 0 aliphatic carbocycles. The van der Waals surface area contributed by atoms with Gasteiger partial charge in [0.15, 0.2) is 0 Å². The molecular formula is C16H21NO3S. The molecule has 1 aliphatic heterocycles. The van der Waals surface area contributed by atoms with Crippen LogP contribution in [0.25, 0.3) is 0 Å². The fraction of sp³-hybridized carbons (Fsp3) is 0.562. The molecule has 2 N–H and O–H groups in total. The van der Waals surface area contributed by atoms with Gasteiger partial charge in [-0.3, -0.25) is 4.79 Å². The molecule has 1 aromatic rings. The molecule has 4 nitrogen and oxygen atoms in total. The van der Waals surface area contributed by atoms with Crippen molar-refractivity contribution in [2.24, 2.45) is 0 Å². The predicted octanol–water partition coefficient (Wildman–Crippen LogP) is 2.17. The van der Waals surface area contributed by atoms with E-state index in [1.54, 1.807) is 6.07 Å². The molecule has 0 radical (unpaired) electrons. The smallest absolute Gasteiger partial charge is 0.252 e. The number of aliphatic hydroxyl groups excluding tert-OH is 1. The van der Waals surface area contributed by atoms with Crippen LogP contribution in [0.1, 0.15) is 47.3 Å². The summed E-state index contributed by atoms with van der Waals surface area (Å²) in [6, 6.07) is 1.79. The number of aliphatic hydroxyl groups is 1. The van der Waals surface area contributed by atoms with E-state index in [4.69, 9.17) is 9.84 Å². The summed E-state index contributed by atoms with van der Waals surface area (Å²) in [6.45, 7) is 1.55. The van der Waals surface area contributed by atoms with E-state index >= 15 is 0 Å². The van der Waals surface area contributed by atoms with Gasteiger partial charge in [0.25, 0.3) is 5.91 Å². The maximum Gasteiger partial charge on any atom is 0.252 e. The molecule has 1 saturated heterocycles. The Morgan fingerprint density at radius 3 is 3.19 bits per heavy atom.